The van der Waals surface area contributed by atoms with Crippen molar-refractivity contribution in [2.75, 3.05) is 17.7 Å². The van der Waals surface area contributed by atoms with Gasteiger partial charge in [0.05, 0.1) is 7.11 Å². The van der Waals surface area contributed by atoms with Crippen LogP contribution in [0.4, 0.5) is 11.4 Å². The Balaban J connectivity index is 1.49. The van der Waals surface area contributed by atoms with Crippen molar-refractivity contribution in [1.82, 2.24) is 0 Å². The standard InChI is InChI=1S/C25H24N2O3/c1-30-23-10-6-5-9-20(23)12-18-25(29)27-22-15-13-21(14-16-22)26-24(28)17-11-19-7-3-2-4-8-19/h2-10,12-16,18H,11,17H2,1H3,(H,26,28)(H,27,29)/b18-12+. The van der Waals surface area contributed by atoms with E-state index in [2.05, 4.69) is 10.6 Å². The van der Waals surface area contributed by atoms with Crippen molar-refractivity contribution in [2.24, 2.45) is 0 Å². The number of carbonyl (C=O) groups is 2. The van der Waals surface area contributed by atoms with E-state index in [0.29, 0.717) is 30.0 Å². The summed E-state index contributed by atoms with van der Waals surface area (Å²) in [6.45, 7) is 0. The molecule has 3 aromatic carbocycles. The molecule has 5 heteroatoms. The number of hydrogen-bond acceptors (Lipinski definition) is 3. The largest absolute Gasteiger partial charge is 0.496 e. The Kier molecular flexibility index (Phi) is 7.39. The number of ether oxygens (including phenoxy) is 1. The lowest BCUT2D eigenvalue weighted by Gasteiger charge is -2.07. The van der Waals surface area contributed by atoms with Gasteiger partial charge in [0.15, 0.2) is 0 Å². The van der Waals surface area contributed by atoms with E-state index in [-0.39, 0.29) is 11.8 Å². The summed E-state index contributed by atoms with van der Waals surface area (Å²) in [5.41, 5.74) is 3.29. The number of nitrogens with one attached hydrogen (secondary N) is 2. The van der Waals surface area contributed by atoms with E-state index in [1.54, 1.807) is 37.5 Å². The molecular weight excluding hydrogens is 376 g/mol. The van der Waals surface area contributed by atoms with Crippen molar-refractivity contribution in [3.8, 4) is 5.75 Å². The van der Waals surface area contributed by atoms with E-state index in [4.69, 9.17) is 4.74 Å². The lowest BCUT2D eigenvalue weighted by molar-refractivity contribution is -0.116. The smallest absolute Gasteiger partial charge is 0.248 e. The van der Waals surface area contributed by atoms with Gasteiger partial charge >= 0.3 is 0 Å². The summed E-state index contributed by atoms with van der Waals surface area (Å²) in [6, 6.07) is 24.4. The zero-order valence-corrected chi connectivity index (χ0v) is 16.8. The third-order valence-corrected chi connectivity index (χ3v) is 4.47. The van der Waals surface area contributed by atoms with Crippen LogP contribution in [0.5, 0.6) is 5.75 Å². The molecule has 0 saturated heterocycles. The van der Waals surface area contributed by atoms with Gasteiger partial charge in [-0.3, -0.25) is 9.59 Å². The SMILES string of the molecule is COc1ccccc1/C=C/C(=O)Nc1ccc(NC(=O)CCc2ccccc2)cc1. The van der Waals surface area contributed by atoms with Gasteiger partial charge in [-0.25, -0.2) is 0 Å². The van der Waals surface area contributed by atoms with Crippen LogP contribution in [0.2, 0.25) is 0 Å². The van der Waals surface area contributed by atoms with E-state index in [1.165, 1.54) is 6.08 Å². The molecule has 0 atom stereocenters. The number of hydrogen-bond donors (Lipinski definition) is 2. The molecule has 0 fully saturated rings. The zero-order valence-electron chi connectivity index (χ0n) is 16.8. The molecule has 0 spiro atoms. The topological polar surface area (TPSA) is 67.4 Å². The highest BCUT2D eigenvalue weighted by molar-refractivity contribution is 6.02. The predicted molar refractivity (Wildman–Crippen MR) is 120 cm³/mol. The van der Waals surface area contributed by atoms with E-state index < -0.39 is 0 Å². The summed E-state index contributed by atoms with van der Waals surface area (Å²) in [6.07, 6.45) is 4.27. The highest BCUT2D eigenvalue weighted by Gasteiger charge is 2.04. The maximum atomic E-state index is 12.2. The first-order valence-corrected chi connectivity index (χ1v) is 9.70. The Bertz CT molecular complexity index is 1010. The molecular formula is C25H24N2O3. The van der Waals surface area contributed by atoms with E-state index in [0.717, 1.165) is 11.1 Å². The van der Waals surface area contributed by atoms with Gasteiger partial charge in [-0.05, 0) is 48.4 Å². The fourth-order valence-electron chi connectivity index (χ4n) is 2.92. The fraction of sp³-hybridized carbons (Fsp3) is 0.120. The first kappa shape index (κ1) is 20.9. The number of methoxy groups -OCH3 is 1. The van der Waals surface area contributed by atoms with Crippen molar-refractivity contribution >= 4 is 29.3 Å². The first-order chi connectivity index (χ1) is 14.6. The summed E-state index contributed by atoms with van der Waals surface area (Å²) in [7, 11) is 1.59. The van der Waals surface area contributed by atoms with Crippen LogP contribution in [0, 0.1) is 0 Å². The van der Waals surface area contributed by atoms with Crippen LogP contribution < -0.4 is 15.4 Å². The average molecular weight is 400 g/mol. The van der Waals surface area contributed by atoms with Gasteiger partial charge in [0.2, 0.25) is 11.8 Å². The zero-order chi connectivity index (χ0) is 21.2. The minimum Gasteiger partial charge on any atom is -0.496 e. The third-order valence-electron chi connectivity index (χ3n) is 4.47. The number of para-hydroxylation sites is 1. The maximum absolute atomic E-state index is 12.2. The predicted octanol–water partition coefficient (Wildman–Crippen LogP) is 4.92. The molecule has 0 unspecified atom stereocenters. The molecule has 152 valence electrons. The Morgan fingerprint density at radius 2 is 1.47 bits per heavy atom. The molecule has 2 N–H and O–H groups in total. The molecule has 2 amide bonds. The normalized spacial score (nSPS) is 10.6. The number of amides is 2. The maximum Gasteiger partial charge on any atom is 0.248 e. The van der Waals surface area contributed by atoms with E-state index >= 15 is 0 Å². The number of benzene rings is 3. The van der Waals surface area contributed by atoms with E-state index in [1.807, 2.05) is 54.6 Å². The molecule has 30 heavy (non-hydrogen) atoms. The van der Waals surface area contributed by atoms with Gasteiger partial charge < -0.3 is 15.4 Å². The molecule has 3 aromatic rings. The fourth-order valence-corrected chi connectivity index (χ4v) is 2.92. The van der Waals surface area contributed by atoms with Crippen LogP contribution >= 0.6 is 0 Å². The summed E-state index contributed by atoms with van der Waals surface area (Å²) in [5.74, 6) is 0.407. The molecule has 3 rings (SSSR count). The highest BCUT2D eigenvalue weighted by Crippen LogP contribution is 2.19. The van der Waals surface area contributed by atoms with Crippen molar-refractivity contribution in [3.63, 3.8) is 0 Å². The first-order valence-electron chi connectivity index (χ1n) is 9.70. The summed E-state index contributed by atoms with van der Waals surface area (Å²) in [5, 5.41) is 5.67. The second kappa shape index (κ2) is 10.6. The minimum absolute atomic E-state index is 0.0459. The Morgan fingerprint density at radius 1 is 0.833 bits per heavy atom. The molecule has 0 heterocycles. The molecule has 0 aliphatic heterocycles. The van der Waals surface area contributed by atoms with Crippen LogP contribution in [-0.4, -0.2) is 18.9 Å². The lowest BCUT2D eigenvalue weighted by atomic mass is 10.1. The second-order valence-corrected chi connectivity index (χ2v) is 6.68. The van der Waals surface area contributed by atoms with Crippen LogP contribution in [0.1, 0.15) is 17.5 Å². The van der Waals surface area contributed by atoms with Crippen molar-refractivity contribution < 1.29 is 14.3 Å². The van der Waals surface area contributed by atoms with Crippen LogP contribution in [-0.2, 0) is 16.0 Å². The Hall–Kier alpha value is -3.86. The van der Waals surface area contributed by atoms with Gasteiger partial charge in [0.1, 0.15) is 5.75 Å². The number of anilines is 2. The monoisotopic (exact) mass is 400 g/mol. The molecule has 0 radical (unpaired) electrons. The molecule has 5 nitrogen and oxygen atoms in total. The summed E-state index contributed by atoms with van der Waals surface area (Å²) >= 11 is 0. The van der Waals surface area contributed by atoms with Gasteiger partial charge in [-0.1, -0.05) is 48.5 Å². The van der Waals surface area contributed by atoms with Crippen molar-refractivity contribution in [1.29, 1.82) is 0 Å². The molecule has 0 aliphatic carbocycles. The number of carbonyl (C=O) groups excluding carboxylic acids is 2. The molecule has 0 saturated carbocycles. The number of aryl methyl sites for hydroxylation is 1. The quantitative estimate of drug-likeness (QED) is 0.528. The summed E-state index contributed by atoms with van der Waals surface area (Å²) in [4.78, 5) is 24.3. The minimum atomic E-state index is -0.249. The van der Waals surface area contributed by atoms with Crippen LogP contribution in [0.25, 0.3) is 6.08 Å². The third kappa shape index (κ3) is 6.34. The van der Waals surface area contributed by atoms with Gasteiger partial charge in [0.25, 0.3) is 0 Å². The lowest BCUT2D eigenvalue weighted by Crippen LogP contribution is -2.12. The Morgan fingerprint density at radius 3 is 2.17 bits per heavy atom. The highest BCUT2D eigenvalue weighted by atomic mass is 16.5. The molecule has 0 aromatic heterocycles. The molecule has 0 aliphatic rings. The second-order valence-electron chi connectivity index (χ2n) is 6.68. The molecule has 0 bridgehead atoms. The summed E-state index contributed by atoms with van der Waals surface area (Å²) < 4.78 is 5.27. The van der Waals surface area contributed by atoms with E-state index in [9.17, 15) is 9.59 Å². The van der Waals surface area contributed by atoms with Gasteiger partial charge in [-0.15, -0.1) is 0 Å². The van der Waals surface area contributed by atoms with Crippen molar-refractivity contribution in [2.45, 2.75) is 12.8 Å². The van der Waals surface area contributed by atoms with Gasteiger partial charge in [-0.2, -0.15) is 0 Å². The Labute approximate surface area is 176 Å². The van der Waals surface area contributed by atoms with Crippen molar-refractivity contribution in [3.05, 3.63) is 96.1 Å². The van der Waals surface area contributed by atoms with Crippen LogP contribution in [0.15, 0.2) is 84.9 Å². The van der Waals surface area contributed by atoms with Gasteiger partial charge in [0, 0.05) is 29.4 Å². The average Bonchev–Trinajstić information content (AvgIpc) is 2.78. The number of rotatable bonds is 8. The van der Waals surface area contributed by atoms with Crippen LogP contribution in [0.3, 0.4) is 0 Å².